The van der Waals surface area contributed by atoms with E-state index in [0.29, 0.717) is 31.5 Å². The predicted octanol–water partition coefficient (Wildman–Crippen LogP) is 4.26. The molecule has 1 saturated heterocycles. The SMILES string of the molecule is C=CCNC(=O)C(=O)C(CCCC)NC(=O)[C@@H]1[C@@H](C(C)C)CCN1C(=O)[C@@H](NC(=O)N[C@H](CNCc1ccccc1S(C)(=O)=O)C(C)(C)C)C1CCCCC1. The molecule has 1 aromatic rings. The van der Waals surface area contributed by atoms with E-state index in [9.17, 15) is 32.4 Å². The molecule has 1 aromatic carbocycles. The summed E-state index contributed by atoms with van der Waals surface area (Å²) in [4.78, 5) is 70.5. The van der Waals surface area contributed by atoms with Crippen molar-refractivity contribution in [3.8, 4) is 0 Å². The number of sulfone groups is 1. The first-order valence-corrected chi connectivity index (χ1v) is 21.9. The summed E-state index contributed by atoms with van der Waals surface area (Å²) in [6.45, 7) is 16.6. The zero-order valence-corrected chi connectivity index (χ0v) is 34.9. The third-order valence-electron chi connectivity index (χ3n) is 11.0. The topological polar surface area (TPSA) is 183 Å². The minimum Gasteiger partial charge on any atom is -0.346 e. The minimum atomic E-state index is -3.42. The number of carbonyl (C=O) groups is 5. The van der Waals surface area contributed by atoms with Gasteiger partial charge < -0.3 is 31.5 Å². The first-order chi connectivity index (χ1) is 25.9. The van der Waals surface area contributed by atoms with Crippen LogP contribution in [0, 0.1) is 23.2 Å². The molecule has 14 heteroatoms. The van der Waals surface area contributed by atoms with E-state index in [0.717, 1.165) is 38.5 Å². The standard InChI is InChI=1S/C41H66N6O7S/c1-9-11-20-31(36(48)38(50)43-23-10-2)44-37(49)35-30(27(3)4)22-24-47(35)39(51)34(28-17-13-12-14-18-28)46-40(52)45-33(41(5,6)7)26-42-25-29-19-15-16-21-32(29)55(8,53)54/h10,15-16,19,21,27-28,30-31,33-35,42H,2,9,11-14,17-18,20,22-26H2,1,3-8H3,(H,43,50)(H,44,49)(H2,45,46,52)/t30-,31?,33-,34+,35+/m1/s1. The fraction of sp³-hybridized carbons (Fsp3) is 0.683. The minimum absolute atomic E-state index is 0.0445. The number of amides is 5. The van der Waals surface area contributed by atoms with Gasteiger partial charge in [-0.2, -0.15) is 0 Å². The van der Waals surface area contributed by atoms with Crippen LogP contribution >= 0.6 is 0 Å². The zero-order valence-electron chi connectivity index (χ0n) is 34.0. The molecule has 0 bridgehead atoms. The van der Waals surface area contributed by atoms with Gasteiger partial charge in [-0.25, -0.2) is 13.2 Å². The van der Waals surface area contributed by atoms with E-state index in [1.165, 1.54) is 12.3 Å². The van der Waals surface area contributed by atoms with E-state index < -0.39 is 63.0 Å². The van der Waals surface area contributed by atoms with Crippen LogP contribution in [0.5, 0.6) is 0 Å². The van der Waals surface area contributed by atoms with Gasteiger partial charge in [-0.05, 0) is 60.5 Å². The number of urea groups is 1. The molecule has 13 nitrogen and oxygen atoms in total. The molecule has 2 aliphatic rings. The summed E-state index contributed by atoms with van der Waals surface area (Å²) in [6, 6.07) is 3.12. The highest BCUT2D eigenvalue weighted by Gasteiger charge is 2.47. The van der Waals surface area contributed by atoms with Crippen LogP contribution in [0.15, 0.2) is 41.8 Å². The van der Waals surface area contributed by atoms with E-state index in [2.05, 4.69) is 33.2 Å². The van der Waals surface area contributed by atoms with Crippen molar-refractivity contribution in [1.82, 2.24) is 31.5 Å². The summed E-state index contributed by atoms with van der Waals surface area (Å²) in [5.41, 5.74) is 0.230. The van der Waals surface area contributed by atoms with Gasteiger partial charge in [0.1, 0.15) is 12.1 Å². The molecule has 1 aliphatic carbocycles. The first-order valence-electron chi connectivity index (χ1n) is 20.0. The maximum Gasteiger partial charge on any atom is 0.315 e. The summed E-state index contributed by atoms with van der Waals surface area (Å²) in [7, 11) is -3.42. The van der Waals surface area contributed by atoms with Crippen LogP contribution < -0.4 is 26.6 Å². The van der Waals surface area contributed by atoms with Gasteiger partial charge in [-0.15, -0.1) is 6.58 Å². The fourth-order valence-electron chi connectivity index (χ4n) is 7.75. The van der Waals surface area contributed by atoms with Gasteiger partial charge in [0, 0.05) is 38.5 Å². The fourth-order valence-corrected chi connectivity index (χ4v) is 8.69. The number of likely N-dealkylation sites (tertiary alicyclic amines) is 1. The molecular formula is C41H66N6O7S. The number of nitrogens with zero attached hydrogens (tertiary/aromatic N) is 1. The molecule has 5 amide bonds. The summed E-state index contributed by atoms with van der Waals surface area (Å²) in [5, 5.41) is 14.8. The number of nitrogens with one attached hydrogen (secondary N) is 5. The summed E-state index contributed by atoms with van der Waals surface area (Å²) < 4.78 is 24.7. The number of benzene rings is 1. The lowest BCUT2D eigenvalue weighted by molar-refractivity contribution is -0.144. The van der Waals surface area contributed by atoms with Crippen molar-refractivity contribution in [1.29, 1.82) is 0 Å². The normalized spacial score (nSPS) is 19.6. The average Bonchev–Trinajstić information content (AvgIpc) is 3.59. The molecule has 1 heterocycles. The van der Waals surface area contributed by atoms with Crippen molar-refractivity contribution < 1.29 is 32.4 Å². The van der Waals surface area contributed by atoms with Gasteiger partial charge >= 0.3 is 6.03 Å². The van der Waals surface area contributed by atoms with Gasteiger partial charge in [-0.3, -0.25) is 19.2 Å². The Morgan fingerprint density at radius 2 is 1.65 bits per heavy atom. The molecule has 1 saturated carbocycles. The number of Topliss-reactive ketones (excluding diaryl/α,β-unsaturated/α-hetero) is 1. The van der Waals surface area contributed by atoms with Crippen molar-refractivity contribution in [2.45, 2.75) is 135 Å². The Bertz CT molecular complexity index is 1600. The quantitative estimate of drug-likeness (QED) is 0.102. The maximum atomic E-state index is 14.7. The van der Waals surface area contributed by atoms with Crippen LogP contribution in [0.3, 0.4) is 0 Å². The Morgan fingerprint density at radius 1 is 0.982 bits per heavy atom. The van der Waals surface area contributed by atoms with Crippen LogP contribution in [-0.2, 0) is 35.6 Å². The van der Waals surface area contributed by atoms with E-state index in [1.807, 2.05) is 41.5 Å². The third kappa shape index (κ3) is 13.2. The smallest absolute Gasteiger partial charge is 0.315 e. The first kappa shape index (κ1) is 45.6. The maximum absolute atomic E-state index is 14.7. The number of unbranched alkanes of at least 4 members (excludes halogenated alkanes) is 1. The molecule has 3 rings (SSSR count). The van der Waals surface area contributed by atoms with Crippen molar-refractivity contribution in [2.75, 3.05) is 25.9 Å². The second kappa shape index (κ2) is 20.9. The summed E-state index contributed by atoms with van der Waals surface area (Å²) in [5.74, 6) is -2.60. The number of ketones is 1. The van der Waals surface area contributed by atoms with E-state index in [4.69, 9.17) is 0 Å². The lowest BCUT2D eigenvalue weighted by Crippen LogP contribution is -2.61. The highest BCUT2D eigenvalue weighted by Crippen LogP contribution is 2.34. The van der Waals surface area contributed by atoms with Crippen LogP contribution in [-0.4, -0.2) is 92.9 Å². The number of hydrogen-bond donors (Lipinski definition) is 5. The van der Waals surface area contributed by atoms with Crippen LogP contribution in [0.25, 0.3) is 0 Å². The monoisotopic (exact) mass is 786 g/mol. The van der Waals surface area contributed by atoms with Crippen molar-refractivity contribution in [2.24, 2.45) is 23.2 Å². The average molecular weight is 787 g/mol. The number of rotatable bonds is 19. The van der Waals surface area contributed by atoms with Crippen molar-refractivity contribution in [3.05, 3.63) is 42.5 Å². The molecule has 1 aliphatic heterocycles. The largest absolute Gasteiger partial charge is 0.346 e. The van der Waals surface area contributed by atoms with E-state index >= 15 is 0 Å². The molecule has 0 spiro atoms. The second-order valence-electron chi connectivity index (χ2n) is 16.7. The van der Waals surface area contributed by atoms with Crippen molar-refractivity contribution >= 4 is 39.4 Å². The Morgan fingerprint density at radius 3 is 2.25 bits per heavy atom. The number of hydrogen-bond acceptors (Lipinski definition) is 8. The molecule has 0 radical (unpaired) electrons. The van der Waals surface area contributed by atoms with Crippen LogP contribution in [0.2, 0.25) is 0 Å². The molecule has 2 fully saturated rings. The van der Waals surface area contributed by atoms with E-state index in [1.54, 1.807) is 29.2 Å². The Kier molecular flexibility index (Phi) is 17.4. The van der Waals surface area contributed by atoms with Crippen molar-refractivity contribution in [3.63, 3.8) is 0 Å². The second-order valence-corrected chi connectivity index (χ2v) is 18.6. The Hall–Kier alpha value is -3.78. The van der Waals surface area contributed by atoms with Gasteiger partial charge in [0.2, 0.25) is 17.6 Å². The molecule has 0 aromatic heterocycles. The number of carbonyl (C=O) groups excluding carboxylic acids is 5. The van der Waals surface area contributed by atoms with E-state index in [-0.39, 0.29) is 48.1 Å². The van der Waals surface area contributed by atoms with Gasteiger partial charge in [-0.1, -0.05) is 97.9 Å². The van der Waals surface area contributed by atoms with Gasteiger partial charge in [0.05, 0.1) is 10.9 Å². The van der Waals surface area contributed by atoms with Gasteiger partial charge in [0.25, 0.3) is 5.91 Å². The highest BCUT2D eigenvalue weighted by molar-refractivity contribution is 7.90. The lowest BCUT2D eigenvalue weighted by atomic mass is 9.82. The predicted molar refractivity (Wildman–Crippen MR) is 215 cm³/mol. The molecular weight excluding hydrogens is 721 g/mol. The lowest BCUT2D eigenvalue weighted by Gasteiger charge is -2.37. The molecule has 308 valence electrons. The Balaban J connectivity index is 1.84. The molecule has 55 heavy (non-hydrogen) atoms. The third-order valence-corrected chi connectivity index (χ3v) is 12.2. The molecule has 5 atom stereocenters. The Labute approximate surface area is 328 Å². The van der Waals surface area contributed by atoms with Crippen LogP contribution in [0.1, 0.15) is 105 Å². The molecule has 1 unspecified atom stereocenters. The van der Waals surface area contributed by atoms with Crippen LogP contribution in [0.4, 0.5) is 4.79 Å². The van der Waals surface area contributed by atoms with Gasteiger partial charge in [0.15, 0.2) is 9.84 Å². The summed E-state index contributed by atoms with van der Waals surface area (Å²) in [6.07, 6.45) is 9.31. The summed E-state index contributed by atoms with van der Waals surface area (Å²) >= 11 is 0. The highest BCUT2D eigenvalue weighted by atomic mass is 32.2. The zero-order chi connectivity index (χ0) is 40.9. The molecule has 5 N–H and O–H groups in total.